The summed E-state index contributed by atoms with van der Waals surface area (Å²) in [6.07, 6.45) is 2.72. The number of aromatic nitrogens is 3. The van der Waals surface area contributed by atoms with Crippen LogP contribution in [0.25, 0.3) is 5.69 Å². The van der Waals surface area contributed by atoms with Crippen molar-refractivity contribution >= 4 is 29.2 Å². The highest BCUT2D eigenvalue weighted by Crippen LogP contribution is 2.45. The van der Waals surface area contributed by atoms with E-state index in [2.05, 4.69) is 16.2 Å². The number of esters is 2. The van der Waals surface area contributed by atoms with Crippen LogP contribution in [-0.2, 0) is 19.1 Å². The SMILES string of the molecule is COC(=O)C1=C(C(=O)OC)N(c2cccc(Cl)c2-n2cncn2)C(N)=C(C#N)C1c1ccccc1. The lowest BCUT2D eigenvalue weighted by atomic mass is 9.81. The Bertz CT molecular complexity index is 1390. The second kappa shape index (κ2) is 9.70. The number of para-hydroxylation sites is 1. The monoisotopic (exact) mass is 490 g/mol. The van der Waals surface area contributed by atoms with Crippen LogP contribution in [0.3, 0.4) is 0 Å². The Morgan fingerprint density at radius 1 is 1.09 bits per heavy atom. The number of hydrogen-bond acceptors (Lipinski definition) is 9. The van der Waals surface area contributed by atoms with E-state index in [9.17, 15) is 14.9 Å². The maximum absolute atomic E-state index is 13.2. The summed E-state index contributed by atoms with van der Waals surface area (Å²) < 4.78 is 11.5. The van der Waals surface area contributed by atoms with Gasteiger partial charge in [0, 0.05) is 0 Å². The van der Waals surface area contributed by atoms with E-state index in [0.29, 0.717) is 11.3 Å². The number of halogens is 1. The molecule has 1 aliphatic rings. The molecule has 1 aliphatic heterocycles. The van der Waals surface area contributed by atoms with E-state index in [-0.39, 0.29) is 33.4 Å². The Hall–Kier alpha value is -4.62. The number of ether oxygens (including phenoxy) is 2. The van der Waals surface area contributed by atoms with Gasteiger partial charge in [0.15, 0.2) is 0 Å². The van der Waals surface area contributed by atoms with Gasteiger partial charge in [0.1, 0.15) is 29.9 Å². The molecule has 0 radical (unpaired) electrons. The van der Waals surface area contributed by atoms with Crippen LogP contribution in [-0.4, -0.2) is 40.9 Å². The highest BCUT2D eigenvalue weighted by molar-refractivity contribution is 6.33. The summed E-state index contributed by atoms with van der Waals surface area (Å²) in [4.78, 5) is 31.6. The number of anilines is 1. The van der Waals surface area contributed by atoms with Crippen molar-refractivity contribution in [2.45, 2.75) is 5.92 Å². The summed E-state index contributed by atoms with van der Waals surface area (Å²) in [6, 6.07) is 15.7. The zero-order valence-corrected chi connectivity index (χ0v) is 19.4. The summed E-state index contributed by atoms with van der Waals surface area (Å²) in [5, 5.41) is 14.6. The molecule has 11 heteroatoms. The minimum absolute atomic E-state index is 0.0359. The zero-order chi connectivity index (χ0) is 25.1. The largest absolute Gasteiger partial charge is 0.466 e. The van der Waals surface area contributed by atoms with E-state index in [1.54, 1.807) is 48.5 Å². The van der Waals surface area contributed by atoms with Crippen molar-refractivity contribution in [3.63, 3.8) is 0 Å². The first-order valence-corrected chi connectivity index (χ1v) is 10.6. The molecule has 1 atom stereocenters. The van der Waals surface area contributed by atoms with Gasteiger partial charge in [-0.15, -0.1) is 0 Å². The fraction of sp³-hybridized carbons (Fsp3) is 0.125. The third-order valence-corrected chi connectivity index (χ3v) is 5.77. The average Bonchev–Trinajstić information content (AvgIpc) is 3.41. The number of carbonyl (C=O) groups excluding carboxylic acids is 2. The summed E-state index contributed by atoms with van der Waals surface area (Å²) in [5.74, 6) is -2.75. The van der Waals surface area contributed by atoms with Crippen molar-refractivity contribution in [1.29, 1.82) is 5.26 Å². The zero-order valence-electron chi connectivity index (χ0n) is 18.7. The van der Waals surface area contributed by atoms with Gasteiger partial charge in [0.05, 0.1) is 48.1 Å². The van der Waals surface area contributed by atoms with Gasteiger partial charge in [-0.2, -0.15) is 10.4 Å². The van der Waals surface area contributed by atoms with Gasteiger partial charge in [-0.25, -0.2) is 19.3 Å². The number of nitriles is 1. The molecule has 176 valence electrons. The third-order valence-electron chi connectivity index (χ3n) is 5.46. The van der Waals surface area contributed by atoms with Gasteiger partial charge in [0.25, 0.3) is 0 Å². The first-order valence-electron chi connectivity index (χ1n) is 10.2. The molecule has 4 rings (SSSR count). The lowest BCUT2D eigenvalue weighted by molar-refractivity contribution is -0.139. The molecule has 2 aromatic carbocycles. The van der Waals surface area contributed by atoms with Gasteiger partial charge >= 0.3 is 11.9 Å². The van der Waals surface area contributed by atoms with Crippen molar-refractivity contribution in [2.24, 2.45) is 5.73 Å². The van der Waals surface area contributed by atoms with Crippen LogP contribution in [0, 0.1) is 11.3 Å². The molecule has 1 unspecified atom stereocenters. The fourth-order valence-corrected chi connectivity index (χ4v) is 4.25. The standard InChI is InChI=1S/C24H19ClN6O4/c1-34-23(32)19-18(14-7-4-3-5-8-14)15(11-26)22(27)31(21(19)24(33)35-2)17-10-6-9-16(25)20(17)30-13-28-12-29-30/h3-10,12-13,18H,27H2,1-2H3. The number of nitrogens with zero attached hydrogens (tertiary/aromatic N) is 5. The van der Waals surface area contributed by atoms with Crippen LogP contribution in [0.1, 0.15) is 11.5 Å². The number of rotatable bonds is 5. The molecule has 1 aromatic heterocycles. The number of hydrogen-bond donors (Lipinski definition) is 1. The molecule has 0 saturated carbocycles. The van der Waals surface area contributed by atoms with Crippen molar-refractivity contribution in [3.05, 3.63) is 94.4 Å². The summed E-state index contributed by atoms with van der Waals surface area (Å²) in [5.41, 5.74) is 7.41. The van der Waals surface area contributed by atoms with E-state index < -0.39 is 17.9 Å². The normalized spacial score (nSPS) is 15.6. The predicted octanol–water partition coefficient (Wildman–Crippen LogP) is 2.82. The van der Waals surface area contributed by atoms with E-state index >= 15 is 0 Å². The predicted molar refractivity (Wildman–Crippen MR) is 126 cm³/mol. The van der Waals surface area contributed by atoms with Crippen LogP contribution in [0.4, 0.5) is 5.69 Å². The van der Waals surface area contributed by atoms with Crippen LogP contribution < -0.4 is 10.6 Å². The fourth-order valence-electron chi connectivity index (χ4n) is 4.00. The Balaban J connectivity index is 2.12. The van der Waals surface area contributed by atoms with Gasteiger partial charge in [-0.05, 0) is 17.7 Å². The second-order valence-corrected chi connectivity index (χ2v) is 7.69. The first kappa shape index (κ1) is 23.5. The van der Waals surface area contributed by atoms with Gasteiger partial charge in [-0.1, -0.05) is 48.0 Å². The quantitative estimate of drug-likeness (QED) is 0.535. The Morgan fingerprint density at radius 2 is 1.80 bits per heavy atom. The first-order chi connectivity index (χ1) is 16.9. The Labute approximate surface area is 205 Å². The molecule has 2 heterocycles. The minimum Gasteiger partial charge on any atom is -0.466 e. The van der Waals surface area contributed by atoms with Gasteiger partial charge in [0.2, 0.25) is 0 Å². The summed E-state index contributed by atoms with van der Waals surface area (Å²) in [7, 11) is 2.36. The van der Waals surface area contributed by atoms with Gasteiger partial charge in [-0.3, -0.25) is 4.90 Å². The minimum atomic E-state index is -0.979. The van der Waals surface area contributed by atoms with Crippen molar-refractivity contribution in [3.8, 4) is 11.8 Å². The lowest BCUT2D eigenvalue weighted by Crippen LogP contribution is -2.41. The third kappa shape index (κ3) is 3.98. The number of benzene rings is 2. The molecule has 0 fully saturated rings. The molecule has 0 amide bonds. The van der Waals surface area contributed by atoms with E-state index in [0.717, 1.165) is 0 Å². The molecule has 10 nitrogen and oxygen atoms in total. The molecule has 0 saturated heterocycles. The molecule has 2 N–H and O–H groups in total. The number of methoxy groups -OCH3 is 2. The smallest absolute Gasteiger partial charge is 0.355 e. The second-order valence-electron chi connectivity index (χ2n) is 7.28. The van der Waals surface area contributed by atoms with Crippen LogP contribution >= 0.6 is 11.6 Å². The molecule has 3 aromatic rings. The molecular formula is C24H19ClN6O4. The molecular weight excluding hydrogens is 472 g/mol. The number of allylic oxidation sites excluding steroid dienone is 1. The van der Waals surface area contributed by atoms with Gasteiger partial charge < -0.3 is 15.2 Å². The van der Waals surface area contributed by atoms with E-state index in [1.807, 2.05) is 0 Å². The van der Waals surface area contributed by atoms with Crippen LogP contribution in [0.15, 0.2) is 83.8 Å². The van der Waals surface area contributed by atoms with Crippen LogP contribution in [0.5, 0.6) is 0 Å². The highest BCUT2D eigenvalue weighted by Gasteiger charge is 2.43. The molecule has 0 spiro atoms. The maximum atomic E-state index is 13.2. The average molecular weight is 491 g/mol. The summed E-state index contributed by atoms with van der Waals surface area (Å²) >= 11 is 6.51. The highest BCUT2D eigenvalue weighted by atomic mass is 35.5. The topological polar surface area (TPSA) is 136 Å². The Kier molecular flexibility index (Phi) is 6.53. The van der Waals surface area contributed by atoms with Crippen molar-refractivity contribution < 1.29 is 19.1 Å². The Morgan fingerprint density at radius 3 is 2.40 bits per heavy atom. The van der Waals surface area contributed by atoms with Crippen molar-refractivity contribution in [1.82, 2.24) is 14.8 Å². The van der Waals surface area contributed by atoms with E-state index in [4.69, 9.17) is 26.8 Å². The maximum Gasteiger partial charge on any atom is 0.355 e. The van der Waals surface area contributed by atoms with Crippen LogP contribution in [0.2, 0.25) is 5.02 Å². The lowest BCUT2D eigenvalue weighted by Gasteiger charge is -2.36. The molecule has 35 heavy (non-hydrogen) atoms. The number of nitrogens with two attached hydrogens (primary N) is 1. The summed E-state index contributed by atoms with van der Waals surface area (Å²) in [6.45, 7) is 0. The van der Waals surface area contributed by atoms with E-state index in [1.165, 1.54) is 36.5 Å². The van der Waals surface area contributed by atoms with Crippen molar-refractivity contribution in [2.75, 3.05) is 19.1 Å². The molecule has 0 bridgehead atoms. The number of carbonyl (C=O) groups is 2. The molecule has 0 aliphatic carbocycles.